The van der Waals surface area contributed by atoms with Crippen molar-refractivity contribution in [3.8, 4) is 0 Å². The summed E-state index contributed by atoms with van der Waals surface area (Å²) >= 11 is 0. The van der Waals surface area contributed by atoms with Crippen molar-refractivity contribution in [2.45, 2.75) is 40.0 Å². The zero-order valence-electron chi connectivity index (χ0n) is 15.1. The Hall–Kier alpha value is -2.69. The standard InChI is InChI=1S/C20H25N3O2/c1-4-5-6-11-22-20(25)17-13-16(10-12-21-17)19(24)23-18-14(2)8-7-9-15(18)3/h7-10,12-13H,4-6,11H2,1-3H3,(H,22,25)(H,23,24). The van der Waals surface area contributed by atoms with Crippen LogP contribution >= 0.6 is 0 Å². The molecule has 2 N–H and O–H groups in total. The molecule has 5 nitrogen and oxygen atoms in total. The summed E-state index contributed by atoms with van der Waals surface area (Å²) in [5, 5.41) is 5.76. The fourth-order valence-corrected chi connectivity index (χ4v) is 2.56. The predicted octanol–water partition coefficient (Wildman–Crippen LogP) is 3.87. The van der Waals surface area contributed by atoms with E-state index >= 15 is 0 Å². The van der Waals surface area contributed by atoms with Crippen molar-refractivity contribution in [3.63, 3.8) is 0 Å². The molecule has 0 saturated carbocycles. The van der Waals surface area contributed by atoms with Crippen LogP contribution in [-0.2, 0) is 0 Å². The number of nitrogens with zero attached hydrogens (tertiary/aromatic N) is 1. The summed E-state index contributed by atoms with van der Waals surface area (Å²) in [5.74, 6) is -0.502. The average Bonchev–Trinajstić information content (AvgIpc) is 2.61. The first-order valence-corrected chi connectivity index (χ1v) is 8.64. The van der Waals surface area contributed by atoms with Gasteiger partial charge in [0.05, 0.1) is 0 Å². The van der Waals surface area contributed by atoms with Gasteiger partial charge < -0.3 is 10.6 Å². The number of hydrogen-bond donors (Lipinski definition) is 2. The number of benzene rings is 1. The normalized spacial score (nSPS) is 10.4. The molecule has 2 aromatic rings. The van der Waals surface area contributed by atoms with Gasteiger partial charge in [-0.3, -0.25) is 14.6 Å². The number of carbonyl (C=O) groups is 2. The number of carbonyl (C=O) groups excluding carboxylic acids is 2. The van der Waals surface area contributed by atoms with Crippen LogP contribution in [0.3, 0.4) is 0 Å². The van der Waals surface area contributed by atoms with Gasteiger partial charge in [-0.1, -0.05) is 38.0 Å². The molecular formula is C20H25N3O2. The van der Waals surface area contributed by atoms with Crippen LogP contribution in [0.5, 0.6) is 0 Å². The Morgan fingerprint density at radius 3 is 2.44 bits per heavy atom. The Balaban J connectivity index is 2.07. The fraction of sp³-hybridized carbons (Fsp3) is 0.350. The van der Waals surface area contributed by atoms with Crippen molar-refractivity contribution in [3.05, 3.63) is 58.9 Å². The summed E-state index contributed by atoms with van der Waals surface area (Å²) in [6.45, 7) is 6.63. The average molecular weight is 339 g/mol. The molecule has 2 rings (SSSR count). The molecule has 0 saturated heterocycles. The Morgan fingerprint density at radius 2 is 1.76 bits per heavy atom. The first-order valence-electron chi connectivity index (χ1n) is 8.64. The molecule has 25 heavy (non-hydrogen) atoms. The summed E-state index contributed by atoms with van der Waals surface area (Å²) in [4.78, 5) is 28.7. The maximum atomic E-state index is 12.5. The van der Waals surface area contributed by atoms with Gasteiger partial charge in [-0.05, 0) is 43.5 Å². The van der Waals surface area contributed by atoms with E-state index in [-0.39, 0.29) is 17.5 Å². The zero-order valence-corrected chi connectivity index (χ0v) is 15.1. The fourth-order valence-electron chi connectivity index (χ4n) is 2.56. The quantitative estimate of drug-likeness (QED) is 0.752. The number of amides is 2. The van der Waals surface area contributed by atoms with E-state index in [2.05, 4.69) is 22.5 Å². The molecule has 5 heteroatoms. The van der Waals surface area contributed by atoms with Crippen LogP contribution in [0.2, 0.25) is 0 Å². The minimum absolute atomic E-state index is 0.250. The third kappa shape index (κ3) is 5.14. The van der Waals surface area contributed by atoms with Gasteiger partial charge >= 0.3 is 0 Å². The Kier molecular flexibility index (Phi) is 6.69. The van der Waals surface area contributed by atoms with Crippen LogP contribution in [0.4, 0.5) is 5.69 Å². The van der Waals surface area contributed by atoms with Crippen molar-refractivity contribution < 1.29 is 9.59 Å². The molecule has 1 aromatic carbocycles. The van der Waals surface area contributed by atoms with Crippen molar-refractivity contribution in [2.75, 3.05) is 11.9 Å². The van der Waals surface area contributed by atoms with Crippen LogP contribution in [0.25, 0.3) is 0 Å². The minimum Gasteiger partial charge on any atom is -0.351 e. The van der Waals surface area contributed by atoms with Crippen LogP contribution < -0.4 is 10.6 Å². The van der Waals surface area contributed by atoms with Crippen LogP contribution in [-0.4, -0.2) is 23.3 Å². The Bertz CT molecular complexity index is 736. The maximum Gasteiger partial charge on any atom is 0.269 e. The Labute approximate surface area is 148 Å². The molecule has 0 fully saturated rings. The van der Waals surface area contributed by atoms with Gasteiger partial charge in [0, 0.05) is 24.0 Å². The molecule has 0 spiro atoms. The third-order valence-corrected chi connectivity index (χ3v) is 4.04. The summed E-state index contributed by atoms with van der Waals surface area (Å²) < 4.78 is 0. The molecule has 2 amide bonds. The lowest BCUT2D eigenvalue weighted by Crippen LogP contribution is -2.26. The summed E-state index contributed by atoms with van der Waals surface area (Å²) in [6, 6.07) is 8.98. The monoisotopic (exact) mass is 339 g/mol. The van der Waals surface area contributed by atoms with Gasteiger partial charge in [0.1, 0.15) is 5.69 Å². The lowest BCUT2D eigenvalue weighted by molar-refractivity contribution is 0.0948. The number of aromatic nitrogens is 1. The van der Waals surface area contributed by atoms with Gasteiger partial charge in [-0.2, -0.15) is 0 Å². The number of aryl methyl sites for hydroxylation is 2. The van der Waals surface area contributed by atoms with Crippen LogP contribution in [0.1, 0.15) is 58.2 Å². The summed E-state index contributed by atoms with van der Waals surface area (Å²) in [6.07, 6.45) is 4.60. The first kappa shape index (κ1) is 18.6. The van der Waals surface area contributed by atoms with Crippen LogP contribution in [0.15, 0.2) is 36.5 Å². The second kappa shape index (κ2) is 8.97. The van der Waals surface area contributed by atoms with E-state index in [4.69, 9.17) is 0 Å². The maximum absolute atomic E-state index is 12.5. The van der Waals surface area contributed by atoms with Crippen LogP contribution in [0, 0.1) is 13.8 Å². The topological polar surface area (TPSA) is 71.1 Å². The van der Waals surface area contributed by atoms with Crippen molar-refractivity contribution >= 4 is 17.5 Å². The molecule has 132 valence electrons. The van der Waals surface area contributed by atoms with E-state index in [0.29, 0.717) is 12.1 Å². The van der Waals surface area contributed by atoms with Gasteiger partial charge in [-0.25, -0.2) is 0 Å². The molecule has 0 unspecified atom stereocenters. The highest BCUT2D eigenvalue weighted by Crippen LogP contribution is 2.20. The van der Waals surface area contributed by atoms with E-state index < -0.39 is 0 Å². The van der Waals surface area contributed by atoms with E-state index in [9.17, 15) is 9.59 Å². The highest BCUT2D eigenvalue weighted by molar-refractivity contribution is 6.06. The SMILES string of the molecule is CCCCCNC(=O)c1cc(C(=O)Nc2c(C)cccc2C)ccn1. The number of unbranched alkanes of at least 4 members (excludes halogenated alkanes) is 2. The lowest BCUT2D eigenvalue weighted by atomic mass is 10.1. The zero-order chi connectivity index (χ0) is 18.2. The highest BCUT2D eigenvalue weighted by atomic mass is 16.2. The smallest absolute Gasteiger partial charge is 0.269 e. The molecule has 0 aliphatic carbocycles. The summed E-state index contributed by atoms with van der Waals surface area (Å²) in [7, 11) is 0. The number of hydrogen-bond acceptors (Lipinski definition) is 3. The molecule has 0 aliphatic rings. The van der Waals surface area contributed by atoms with E-state index in [1.54, 1.807) is 6.07 Å². The molecule has 0 bridgehead atoms. The second-order valence-corrected chi connectivity index (χ2v) is 6.11. The minimum atomic E-state index is -0.252. The molecule has 1 aromatic heterocycles. The van der Waals surface area contributed by atoms with Crippen molar-refractivity contribution in [1.82, 2.24) is 10.3 Å². The lowest BCUT2D eigenvalue weighted by Gasteiger charge is -2.12. The molecule has 0 atom stereocenters. The Morgan fingerprint density at radius 1 is 1.04 bits per heavy atom. The largest absolute Gasteiger partial charge is 0.351 e. The first-order chi connectivity index (χ1) is 12.0. The highest BCUT2D eigenvalue weighted by Gasteiger charge is 2.13. The number of nitrogens with one attached hydrogen (secondary N) is 2. The summed E-state index contributed by atoms with van der Waals surface area (Å²) in [5.41, 5.74) is 3.46. The van der Waals surface area contributed by atoms with Crippen molar-refractivity contribution in [2.24, 2.45) is 0 Å². The van der Waals surface area contributed by atoms with Gasteiger partial charge in [0.25, 0.3) is 11.8 Å². The molecule has 0 aliphatic heterocycles. The molecular weight excluding hydrogens is 314 g/mol. The van der Waals surface area contributed by atoms with Gasteiger partial charge in [0.15, 0.2) is 0 Å². The van der Waals surface area contributed by atoms with E-state index in [0.717, 1.165) is 36.1 Å². The predicted molar refractivity (Wildman–Crippen MR) is 100.0 cm³/mol. The van der Waals surface area contributed by atoms with Gasteiger partial charge in [-0.15, -0.1) is 0 Å². The molecule has 1 heterocycles. The third-order valence-electron chi connectivity index (χ3n) is 4.04. The van der Waals surface area contributed by atoms with Crippen molar-refractivity contribution in [1.29, 1.82) is 0 Å². The number of anilines is 1. The van der Waals surface area contributed by atoms with E-state index in [1.165, 1.54) is 12.3 Å². The molecule has 0 radical (unpaired) electrons. The number of rotatable bonds is 7. The second-order valence-electron chi connectivity index (χ2n) is 6.11. The van der Waals surface area contributed by atoms with Gasteiger partial charge in [0.2, 0.25) is 0 Å². The number of pyridine rings is 1. The number of para-hydroxylation sites is 1. The van der Waals surface area contributed by atoms with E-state index in [1.807, 2.05) is 32.0 Å².